The summed E-state index contributed by atoms with van der Waals surface area (Å²) < 4.78 is 0. The number of aromatic nitrogens is 1. The third-order valence-electron chi connectivity index (χ3n) is 0.966. The number of nitriles is 1. The Kier molecular flexibility index (Phi) is 1.81. The molecule has 1 aromatic heterocycles. The molecule has 0 saturated heterocycles. The Labute approximate surface area is 57.8 Å². The van der Waals surface area contributed by atoms with Gasteiger partial charge in [0.2, 0.25) is 0 Å². The summed E-state index contributed by atoms with van der Waals surface area (Å²) in [5, 5.41) is 9.40. The van der Waals surface area contributed by atoms with E-state index in [0.717, 1.165) is 11.4 Å². The SMILES string of the molecule is CCc1ncc(C#N)s1. The Morgan fingerprint density at radius 1 is 1.89 bits per heavy atom. The van der Waals surface area contributed by atoms with Gasteiger partial charge < -0.3 is 0 Å². The van der Waals surface area contributed by atoms with Gasteiger partial charge in [-0.3, -0.25) is 0 Å². The van der Waals surface area contributed by atoms with Crippen LogP contribution in [0, 0.1) is 11.3 Å². The fourth-order valence-electron chi connectivity index (χ4n) is 0.525. The minimum Gasteiger partial charge on any atom is -0.248 e. The molecular weight excluding hydrogens is 132 g/mol. The molecule has 46 valence electrons. The summed E-state index contributed by atoms with van der Waals surface area (Å²) in [6.07, 6.45) is 2.54. The molecule has 0 aliphatic heterocycles. The van der Waals surface area contributed by atoms with E-state index in [2.05, 4.69) is 4.98 Å². The maximum absolute atomic E-state index is 8.37. The first-order valence-corrected chi connectivity index (χ1v) is 3.53. The van der Waals surface area contributed by atoms with Crippen LogP contribution in [0.15, 0.2) is 6.20 Å². The van der Waals surface area contributed by atoms with Crippen LogP contribution >= 0.6 is 11.3 Å². The van der Waals surface area contributed by atoms with Crippen LogP contribution in [0.25, 0.3) is 0 Å². The number of rotatable bonds is 1. The molecule has 0 N–H and O–H groups in total. The summed E-state index contributed by atoms with van der Waals surface area (Å²) in [7, 11) is 0. The fraction of sp³-hybridized carbons (Fsp3) is 0.333. The molecule has 1 aromatic rings. The van der Waals surface area contributed by atoms with Gasteiger partial charge in [-0.15, -0.1) is 11.3 Å². The summed E-state index contributed by atoms with van der Waals surface area (Å²) in [6.45, 7) is 2.03. The van der Waals surface area contributed by atoms with Gasteiger partial charge in [0, 0.05) is 0 Å². The molecule has 2 nitrogen and oxygen atoms in total. The van der Waals surface area contributed by atoms with Gasteiger partial charge in [0.1, 0.15) is 10.9 Å². The van der Waals surface area contributed by atoms with Gasteiger partial charge >= 0.3 is 0 Å². The molecule has 3 heteroatoms. The van der Waals surface area contributed by atoms with Gasteiger partial charge in [0.15, 0.2) is 0 Å². The van der Waals surface area contributed by atoms with Crippen molar-refractivity contribution in [1.82, 2.24) is 4.98 Å². The molecular formula is C6H6N2S. The summed E-state index contributed by atoms with van der Waals surface area (Å²) in [5.41, 5.74) is 0. The molecule has 9 heavy (non-hydrogen) atoms. The van der Waals surface area contributed by atoms with Gasteiger partial charge in [-0.2, -0.15) is 5.26 Å². The highest BCUT2D eigenvalue weighted by atomic mass is 32.1. The van der Waals surface area contributed by atoms with Crippen LogP contribution in [-0.4, -0.2) is 4.98 Å². The number of hydrogen-bond donors (Lipinski definition) is 0. The second-order valence-electron chi connectivity index (χ2n) is 1.58. The van der Waals surface area contributed by atoms with Crippen LogP contribution in [0.1, 0.15) is 16.8 Å². The Morgan fingerprint density at radius 2 is 2.67 bits per heavy atom. The Balaban J connectivity index is 2.90. The fourth-order valence-corrected chi connectivity index (χ4v) is 1.18. The van der Waals surface area contributed by atoms with E-state index in [1.165, 1.54) is 11.3 Å². The van der Waals surface area contributed by atoms with Crippen LogP contribution in [0.5, 0.6) is 0 Å². The van der Waals surface area contributed by atoms with E-state index in [9.17, 15) is 0 Å². The first kappa shape index (κ1) is 6.24. The van der Waals surface area contributed by atoms with Crippen molar-refractivity contribution in [2.75, 3.05) is 0 Å². The molecule has 1 heterocycles. The number of hydrogen-bond acceptors (Lipinski definition) is 3. The van der Waals surface area contributed by atoms with Crippen LogP contribution in [0.3, 0.4) is 0 Å². The lowest BCUT2D eigenvalue weighted by Gasteiger charge is -1.77. The summed E-state index contributed by atoms with van der Waals surface area (Å²) in [4.78, 5) is 4.70. The van der Waals surface area contributed by atoms with Crippen molar-refractivity contribution in [2.45, 2.75) is 13.3 Å². The monoisotopic (exact) mass is 138 g/mol. The number of nitrogens with zero attached hydrogens (tertiary/aromatic N) is 2. The van der Waals surface area contributed by atoms with E-state index in [1.54, 1.807) is 6.20 Å². The van der Waals surface area contributed by atoms with E-state index in [0.29, 0.717) is 4.88 Å². The van der Waals surface area contributed by atoms with Crippen LogP contribution in [0.2, 0.25) is 0 Å². The van der Waals surface area contributed by atoms with Crippen molar-refractivity contribution in [3.63, 3.8) is 0 Å². The highest BCUT2D eigenvalue weighted by Crippen LogP contribution is 2.10. The molecule has 0 radical (unpaired) electrons. The van der Waals surface area contributed by atoms with Crippen molar-refractivity contribution in [3.8, 4) is 6.07 Å². The standard InChI is InChI=1S/C6H6N2S/c1-2-6-8-4-5(3-7)9-6/h4H,2H2,1H3. The van der Waals surface area contributed by atoms with Gasteiger partial charge in [-0.05, 0) is 6.42 Å². The summed E-state index contributed by atoms with van der Waals surface area (Å²) in [6, 6.07) is 2.04. The van der Waals surface area contributed by atoms with E-state index >= 15 is 0 Å². The maximum Gasteiger partial charge on any atom is 0.124 e. The van der Waals surface area contributed by atoms with Crippen molar-refractivity contribution < 1.29 is 0 Å². The summed E-state index contributed by atoms with van der Waals surface area (Å²) in [5.74, 6) is 0. The van der Waals surface area contributed by atoms with E-state index in [1.807, 2.05) is 13.0 Å². The largest absolute Gasteiger partial charge is 0.248 e. The average Bonchev–Trinajstić information content (AvgIpc) is 2.34. The number of aryl methyl sites for hydroxylation is 1. The predicted molar refractivity (Wildman–Crippen MR) is 36.2 cm³/mol. The van der Waals surface area contributed by atoms with Crippen molar-refractivity contribution in [1.29, 1.82) is 5.26 Å². The third kappa shape index (κ3) is 1.27. The smallest absolute Gasteiger partial charge is 0.124 e. The minimum atomic E-state index is 0.701. The zero-order valence-corrected chi connectivity index (χ0v) is 5.90. The normalized spacial score (nSPS) is 8.89. The van der Waals surface area contributed by atoms with Crippen molar-refractivity contribution in [2.24, 2.45) is 0 Å². The van der Waals surface area contributed by atoms with E-state index < -0.39 is 0 Å². The van der Waals surface area contributed by atoms with Crippen molar-refractivity contribution in [3.05, 3.63) is 16.1 Å². The highest BCUT2D eigenvalue weighted by molar-refractivity contribution is 7.12. The first-order valence-electron chi connectivity index (χ1n) is 2.71. The van der Waals surface area contributed by atoms with Crippen LogP contribution in [-0.2, 0) is 6.42 Å². The second kappa shape index (κ2) is 2.60. The topological polar surface area (TPSA) is 36.7 Å². The molecule has 0 aliphatic carbocycles. The highest BCUT2D eigenvalue weighted by Gasteiger charge is 1.95. The maximum atomic E-state index is 8.37. The molecule has 0 bridgehead atoms. The van der Waals surface area contributed by atoms with Crippen LogP contribution < -0.4 is 0 Å². The molecule has 1 rings (SSSR count). The Morgan fingerprint density at radius 3 is 3.00 bits per heavy atom. The zero-order valence-electron chi connectivity index (χ0n) is 5.09. The predicted octanol–water partition coefficient (Wildman–Crippen LogP) is 1.58. The molecule has 0 aliphatic rings. The molecule has 0 saturated carbocycles. The van der Waals surface area contributed by atoms with Gasteiger partial charge in [-0.1, -0.05) is 6.92 Å². The lowest BCUT2D eigenvalue weighted by Crippen LogP contribution is -1.70. The lowest BCUT2D eigenvalue weighted by atomic mass is 10.5. The third-order valence-corrected chi connectivity index (χ3v) is 2.01. The minimum absolute atomic E-state index is 0.701. The molecule has 0 aromatic carbocycles. The second-order valence-corrected chi connectivity index (χ2v) is 2.70. The van der Waals surface area contributed by atoms with Gasteiger partial charge in [0.05, 0.1) is 11.2 Å². The van der Waals surface area contributed by atoms with E-state index in [4.69, 9.17) is 5.26 Å². The molecule has 0 amide bonds. The molecule has 0 spiro atoms. The summed E-state index contributed by atoms with van der Waals surface area (Å²) >= 11 is 1.46. The van der Waals surface area contributed by atoms with Gasteiger partial charge in [-0.25, -0.2) is 4.98 Å². The quantitative estimate of drug-likeness (QED) is 0.590. The average molecular weight is 138 g/mol. The number of thiazole rings is 1. The lowest BCUT2D eigenvalue weighted by molar-refractivity contribution is 1.09. The van der Waals surface area contributed by atoms with Crippen molar-refractivity contribution >= 4 is 11.3 Å². The van der Waals surface area contributed by atoms with Crippen LogP contribution in [0.4, 0.5) is 0 Å². The molecule has 0 unspecified atom stereocenters. The molecule has 0 fully saturated rings. The van der Waals surface area contributed by atoms with E-state index in [-0.39, 0.29) is 0 Å². The molecule has 0 atom stereocenters. The Bertz CT molecular complexity index is 233. The van der Waals surface area contributed by atoms with Gasteiger partial charge in [0.25, 0.3) is 0 Å². The zero-order chi connectivity index (χ0) is 6.69. The first-order chi connectivity index (χ1) is 4.36. The Hall–Kier alpha value is -0.880.